The molecule has 2 aliphatic rings. The standard InChI is InChI=1S/C32H43N5O3/c1-20-11-12-22(15-23(20)16-36-17-27(38)37(24-9-8-10-24)19-31(3,4)18-36)28(32(5,6)30(39)40)25-13-14-26-29(21(25)2)33-34-35(26)7/h11-15,24,28H,8-10,16-19H2,1-7H3,(H,39,40). The molecule has 1 aliphatic carbocycles. The van der Waals surface area contributed by atoms with Crippen LogP contribution in [0.2, 0.25) is 0 Å². The van der Waals surface area contributed by atoms with Gasteiger partial charge >= 0.3 is 5.97 Å². The minimum absolute atomic E-state index is 0.00958. The molecule has 8 heteroatoms. The summed E-state index contributed by atoms with van der Waals surface area (Å²) in [5, 5.41) is 18.9. The molecular weight excluding hydrogens is 502 g/mol. The summed E-state index contributed by atoms with van der Waals surface area (Å²) in [7, 11) is 1.86. The van der Waals surface area contributed by atoms with Crippen LogP contribution >= 0.6 is 0 Å². The molecule has 1 atom stereocenters. The lowest BCUT2D eigenvalue weighted by Crippen LogP contribution is -2.48. The Bertz CT molecular complexity index is 1450. The van der Waals surface area contributed by atoms with E-state index in [9.17, 15) is 14.7 Å². The average Bonchev–Trinajstić information content (AvgIpc) is 3.16. The second-order valence-electron chi connectivity index (χ2n) is 13.4. The van der Waals surface area contributed by atoms with Gasteiger partial charge in [0.05, 0.1) is 17.5 Å². The van der Waals surface area contributed by atoms with Crippen molar-refractivity contribution >= 4 is 22.9 Å². The second-order valence-corrected chi connectivity index (χ2v) is 13.4. The van der Waals surface area contributed by atoms with Crippen molar-refractivity contribution in [3.63, 3.8) is 0 Å². The van der Waals surface area contributed by atoms with Crippen molar-refractivity contribution in [2.75, 3.05) is 19.6 Å². The molecule has 1 aromatic heterocycles. The van der Waals surface area contributed by atoms with Crippen molar-refractivity contribution in [3.8, 4) is 0 Å². The number of carbonyl (C=O) groups is 2. The Morgan fingerprint density at radius 1 is 1.15 bits per heavy atom. The summed E-state index contributed by atoms with van der Waals surface area (Å²) < 4.78 is 1.74. The molecule has 0 radical (unpaired) electrons. The van der Waals surface area contributed by atoms with E-state index in [4.69, 9.17) is 0 Å². The minimum atomic E-state index is -1.07. The van der Waals surface area contributed by atoms with Gasteiger partial charge in [-0.2, -0.15) is 0 Å². The maximum atomic E-state index is 13.3. The van der Waals surface area contributed by atoms with Gasteiger partial charge in [-0.1, -0.05) is 43.3 Å². The van der Waals surface area contributed by atoms with Crippen LogP contribution in [0, 0.1) is 24.7 Å². The van der Waals surface area contributed by atoms with E-state index in [0.717, 1.165) is 64.8 Å². The van der Waals surface area contributed by atoms with Crippen LogP contribution in [0.3, 0.4) is 0 Å². The maximum absolute atomic E-state index is 13.3. The number of carbonyl (C=O) groups excluding carboxylic acids is 1. The van der Waals surface area contributed by atoms with Crippen LogP contribution in [0.4, 0.5) is 0 Å². The van der Waals surface area contributed by atoms with Crippen molar-refractivity contribution in [2.24, 2.45) is 17.9 Å². The van der Waals surface area contributed by atoms with Gasteiger partial charge in [0, 0.05) is 38.6 Å². The fourth-order valence-corrected chi connectivity index (χ4v) is 6.64. The number of amides is 1. The number of benzene rings is 2. The van der Waals surface area contributed by atoms with E-state index in [2.05, 4.69) is 59.1 Å². The fraction of sp³-hybridized carbons (Fsp3) is 0.562. The molecule has 1 saturated heterocycles. The first-order chi connectivity index (χ1) is 18.8. The third kappa shape index (κ3) is 5.14. The predicted octanol–water partition coefficient (Wildman–Crippen LogP) is 5.05. The highest BCUT2D eigenvalue weighted by Crippen LogP contribution is 2.44. The molecule has 5 rings (SSSR count). The smallest absolute Gasteiger partial charge is 0.310 e. The monoisotopic (exact) mass is 545 g/mol. The number of carboxylic acid groups (broad SMARTS) is 1. The zero-order chi connectivity index (χ0) is 29.0. The van der Waals surface area contributed by atoms with E-state index in [1.807, 2.05) is 26.1 Å². The van der Waals surface area contributed by atoms with Gasteiger partial charge in [0.25, 0.3) is 0 Å². The summed E-state index contributed by atoms with van der Waals surface area (Å²) in [6, 6.07) is 10.7. The van der Waals surface area contributed by atoms with Gasteiger partial charge in [-0.15, -0.1) is 5.10 Å². The highest BCUT2D eigenvalue weighted by atomic mass is 16.4. The quantitative estimate of drug-likeness (QED) is 0.447. The molecular formula is C32H43N5O3. The van der Waals surface area contributed by atoms with E-state index in [1.54, 1.807) is 18.5 Å². The van der Waals surface area contributed by atoms with Crippen LogP contribution in [-0.2, 0) is 23.2 Å². The summed E-state index contributed by atoms with van der Waals surface area (Å²) in [4.78, 5) is 30.4. The van der Waals surface area contributed by atoms with E-state index in [0.29, 0.717) is 19.1 Å². The number of rotatable bonds is 7. The summed E-state index contributed by atoms with van der Waals surface area (Å²) in [6.45, 7) is 14.9. The Morgan fingerprint density at radius 2 is 1.88 bits per heavy atom. The number of hydrogen-bond donors (Lipinski definition) is 1. The third-order valence-electron chi connectivity index (χ3n) is 9.21. The van der Waals surface area contributed by atoms with Gasteiger partial charge in [-0.25, -0.2) is 4.68 Å². The summed E-state index contributed by atoms with van der Waals surface area (Å²) in [5.41, 5.74) is 5.74. The first kappa shape index (κ1) is 28.3. The number of carboxylic acids is 1. The molecule has 0 bridgehead atoms. The highest BCUT2D eigenvalue weighted by Gasteiger charge is 2.41. The Hall–Kier alpha value is -3.26. The molecule has 0 spiro atoms. The Labute approximate surface area is 237 Å². The topological polar surface area (TPSA) is 91.6 Å². The number of hydrogen-bond acceptors (Lipinski definition) is 5. The van der Waals surface area contributed by atoms with Crippen LogP contribution in [0.25, 0.3) is 11.0 Å². The van der Waals surface area contributed by atoms with Crippen molar-refractivity contribution in [1.82, 2.24) is 24.8 Å². The zero-order valence-electron chi connectivity index (χ0n) is 25.0. The molecule has 1 aliphatic heterocycles. The largest absolute Gasteiger partial charge is 0.481 e. The van der Waals surface area contributed by atoms with Crippen molar-refractivity contribution in [3.05, 3.63) is 58.1 Å². The first-order valence-corrected chi connectivity index (χ1v) is 14.4. The molecule has 8 nitrogen and oxygen atoms in total. The van der Waals surface area contributed by atoms with Crippen molar-refractivity contribution < 1.29 is 14.7 Å². The van der Waals surface area contributed by atoms with Crippen LogP contribution in [0.15, 0.2) is 30.3 Å². The molecule has 2 aromatic carbocycles. The Balaban J connectivity index is 1.52. The van der Waals surface area contributed by atoms with Crippen LogP contribution in [-0.4, -0.2) is 67.5 Å². The minimum Gasteiger partial charge on any atom is -0.481 e. The molecule has 2 fully saturated rings. The molecule has 40 heavy (non-hydrogen) atoms. The zero-order valence-corrected chi connectivity index (χ0v) is 25.0. The van der Waals surface area contributed by atoms with Gasteiger partial charge in [-0.3, -0.25) is 14.5 Å². The van der Waals surface area contributed by atoms with Crippen molar-refractivity contribution in [2.45, 2.75) is 79.3 Å². The summed E-state index contributed by atoms with van der Waals surface area (Å²) in [5.74, 6) is -1.02. The SMILES string of the molecule is Cc1ccc(C(c2ccc3c(nnn3C)c2C)C(C)(C)C(=O)O)cc1CN1CC(=O)N(C2CCC2)CC(C)(C)C1. The van der Waals surface area contributed by atoms with Crippen LogP contribution in [0.1, 0.15) is 80.7 Å². The van der Waals surface area contributed by atoms with Gasteiger partial charge in [0.1, 0.15) is 5.52 Å². The molecule has 1 saturated carbocycles. The van der Waals surface area contributed by atoms with Gasteiger partial charge in [0.15, 0.2) is 0 Å². The lowest BCUT2D eigenvalue weighted by Gasteiger charge is -2.40. The average molecular weight is 546 g/mol. The third-order valence-corrected chi connectivity index (χ3v) is 9.21. The number of aliphatic carboxylic acids is 1. The normalized spacial score (nSPS) is 19.5. The number of nitrogens with zero attached hydrogens (tertiary/aromatic N) is 5. The van der Waals surface area contributed by atoms with Crippen LogP contribution in [0.5, 0.6) is 0 Å². The van der Waals surface area contributed by atoms with Crippen molar-refractivity contribution in [1.29, 1.82) is 0 Å². The van der Waals surface area contributed by atoms with Gasteiger partial charge < -0.3 is 10.0 Å². The summed E-state index contributed by atoms with van der Waals surface area (Å²) in [6.07, 6.45) is 3.44. The lowest BCUT2D eigenvalue weighted by atomic mass is 9.69. The number of aromatic nitrogens is 3. The predicted molar refractivity (Wildman–Crippen MR) is 156 cm³/mol. The molecule has 1 amide bonds. The Morgan fingerprint density at radius 3 is 2.52 bits per heavy atom. The van der Waals surface area contributed by atoms with E-state index in [-0.39, 0.29) is 11.3 Å². The van der Waals surface area contributed by atoms with E-state index >= 15 is 0 Å². The van der Waals surface area contributed by atoms with Gasteiger partial charge in [-0.05, 0) is 86.3 Å². The number of fused-ring (bicyclic) bond motifs is 1. The highest BCUT2D eigenvalue weighted by molar-refractivity contribution is 5.82. The molecule has 3 aromatic rings. The van der Waals surface area contributed by atoms with Crippen LogP contribution < -0.4 is 0 Å². The van der Waals surface area contributed by atoms with E-state index < -0.39 is 17.3 Å². The first-order valence-electron chi connectivity index (χ1n) is 14.4. The molecule has 1 unspecified atom stereocenters. The number of aryl methyl sites for hydroxylation is 3. The summed E-state index contributed by atoms with van der Waals surface area (Å²) >= 11 is 0. The molecule has 2 heterocycles. The molecule has 214 valence electrons. The fourth-order valence-electron chi connectivity index (χ4n) is 6.64. The second kappa shape index (κ2) is 10.3. The maximum Gasteiger partial charge on any atom is 0.310 e. The Kier molecular flexibility index (Phi) is 7.27. The lowest BCUT2D eigenvalue weighted by molar-refractivity contribution is -0.147. The molecule has 1 N–H and O–H groups in total. The van der Waals surface area contributed by atoms with E-state index in [1.165, 1.54) is 6.42 Å². The van der Waals surface area contributed by atoms with Gasteiger partial charge in [0.2, 0.25) is 5.91 Å².